The Hall–Kier alpha value is -2.66. The number of hydrogen-bond donors (Lipinski definition) is 4. The zero-order valence-corrected chi connectivity index (χ0v) is 35.2. The molecule has 1 aromatic heterocycles. The molecule has 0 amide bonds. The molecule has 6 rings (SSSR count). The molecule has 5 aliphatic rings. The summed E-state index contributed by atoms with van der Waals surface area (Å²) in [7, 11) is 0. The summed E-state index contributed by atoms with van der Waals surface area (Å²) in [5.74, 6) is -0.630. The number of ether oxygens (including phenoxy) is 1. The molecule has 0 aromatic carbocycles. The molecule has 0 spiro atoms. The van der Waals surface area contributed by atoms with Gasteiger partial charge in [0.15, 0.2) is 5.78 Å². The summed E-state index contributed by atoms with van der Waals surface area (Å²) in [4.78, 5) is 45.7. The highest BCUT2D eigenvalue weighted by molar-refractivity contribution is 6.01. The minimum Gasteiger partial charge on any atom is -0.481 e. The lowest BCUT2D eigenvalue weighted by molar-refractivity contribution is -0.239. The number of allylic oxidation sites excluding steroid dienone is 1. The smallest absolute Gasteiger partial charge is 0.309 e. The SMILES string of the molecule is CC(C)C1=C2[C@@]([C@@H](O)CN(CCN)Cc3cccnc3)(CC[C@]3(C)[C@]2(N)CC[C@@H]2C4(C)CC[C@H](OC(=O)CC(C)(C)C(=O)O)C(C)(C)[C@@H]4CC[C@]23C)CC1=O. The van der Waals surface area contributed by atoms with E-state index < -0.39 is 34.4 Å². The van der Waals surface area contributed by atoms with Crippen LogP contribution >= 0.6 is 0 Å². The lowest BCUT2D eigenvalue weighted by atomic mass is 9.31. The fourth-order valence-corrected chi connectivity index (χ4v) is 13.6. The lowest BCUT2D eigenvalue weighted by Gasteiger charge is -2.74. The van der Waals surface area contributed by atoms with Crippen LogP contribution in [0.1, 0.15) is 132 Å². The number of nitrogens with zero attached hydrogens (tertiary/aromatic N) is 2. The van der Waals surface area contributed by atoms with Gasteiger partial charge in [0.1, 0.15) is 6.10 Å². The molecule has 4 saturated carbocycles. The number of carboxylic acids is 1. The van der Waals surface area contributed by atoms with Gasteiger partial charge < -0.3 is 26.4 Å². The molecule has 1 heterocycles. The van der Waals surface area contributed by atoms with E-state index in [-0.39, 0.29) is 45.9 Å². The number of aliphatic hydroxyl groups is 1. The molecule has 0 bridgehead atoms. The number of rotatable bonds is 12. The van der Waals surface area contributed by atoms with Gasteiger partial charge >= 0.3 is 11.9 Å². The highest BCUT2D eigenvalue weighted by Crippen LogP contribution is 2.77. The maximum atomic E-state index is 14.3. The van der Waals surface area contributed by atoms with Crippen molar-refractivity contribution in [3.05, 3.63) is 41.2 Å². The number of carbonyl (C=O) groups excluding carboxylic acids is 2. The average Bonchev–Trinajstić information content (AvgIpc) is 3.42. The zero-order valence-electron chi connectivity index (χ0n) is 35.2. The number of ketones is 1. The van der Waals surface area contributed by atoms with Gasteiger partial charge in [0.2, 0.25) is 0 Å². The predicted molar refractivity (Wildman–Crippen MR) is 213 cm³/mol. The van der Waals surface area contributed by atoms with Gasteiger partial charge in [-0.1, -0.05) is 54.5 Å². The van der Waals surface area contributed by atoms with Gasteiger partial charge in [0.25, 0.3) is 0 Å². The van der Waals surface area contributed by atoms with Crippen LogP contribution in [0.4, 0.5) is 0 Å². The third-order valence-electron chi connectivity index (χ3n) is 16.8. The Morgan fingerprint density at radius 3 is 2.35 bits per heavy atom. The first-order valence-corrected chi connectivity index (χ1v) is 21.0. The minimum atomic E-state index is -1.19. The van der Waals surface area contributed by atoms with Gasteiger partial charge in [-0.05, 0) is 122 Å². The van der Waals surface area contributed by atoms with Crippen molar-refractivity contribution >= 4 is 17.7 Å². The average molecular weight is 763 g/mol. The van der Waals surface area contributed by atoms with Crippen molar-refractivity contribution in [3.63, 3.8) is 0 Å². The largest absolute Gasteiger partial charge is 0.481 e. The molecule has 1 aromatic rings. The number of aliphatic carboxylic acids is 1. The van der Waals surface area contributed by atoms with Gasteiger partial charge in [-0.15, -0.1) is 0 Å². The van der Waals surface area contributed by atoms with Crippen LogP contribution in [0.2, 0.25) is 0 Å². The van der Waals surface area contributed by atoms with E-state index >= 15 is 0 Å². The van der Waals surface area contributed by atoms with Crippen molar-refractivity contribution in [3.8, 4) is 0 Å². The molecule has 0 aliphatic heterocycles. The topological polar surface area (TPSA) is 169 Å². The normalized spacial score (nSPS) is 37.6. The second-order valence-electron chi connectivity index (χ2n) is 20.7. The van der Waals surface area contributed by atoms with Gasteiger partial charge in [-0.25, -0.2) is 0 Å². The Morgan fingerprint density at radius 1 is 1.04 bits per heavy atom. The molecular weight excluding hydrogens is 693 g/mol. The van der Waals surface area contributed by atoms with E-state index in [1.54, 1.807) is 20.0 Å². The molecule has 5 aliphatic carbocycles. The van der Waals surface area contributed by atoms with Crippen LogP contribution < -0.4 is 11.5 Å². The maximum absolute atomic E-state index is 14.3. The molecule has 4 fully saturated rings. The number of esters is 1. The van der Waals surface area contributed by atoms with E-state index in [1.165, 1.54) is 0 Å². The van der Waals surface area contributed by atoms with Crippen LogP contribution in [-0.2, 0) is 25.7 Å². The first-order valence-electron chi connectivity index (χ1n) is 21.0. The van der Waals surface area contributed by atoms with Crippen molar-refractivity contribution in [2.45, 2.75) is 151 Å². The number of aliphatic hydroxyl groups excluding tert-OH is 1. The van der Waals surface area contributed by atoms with Crippen LogP contribution in [0.25, 0.3) is 0 Å². The zero-order chi connectivity index (χ0) is 40.6. The number of carboxylic acid groups (broad SMARTS) is 1. The van der Waals surface area contributed by atoms with Crippen molar-refractivity contribution in [1.82, 2.24) is 9.88 Å². The molecule has 10 nitrogen and oxygen atoms in total. The molecular formula is C45H70N4O6. The van der Waals surface area contributed by atoms with Crippen LogP contribution in [0.15, 0.2) is 35.7 Å². The Labute approximate surface area is 329 Å². The second-order valence-corrected chi connectivity index (χ2v) is 20.7. The summed E-state index contributed by atoms with van der Waals surface area (Å²) in [6.45, 7) is 21.3. The van der Waals surface area contributed by atoms with E-state index in [2.05, 4.69) is 58.4 Å². The van der Waals surface area contributed by atoms with Crippen molar-refractivity contribution in [2.24, 2.45) is 61.7 Å². The quantitative estimate of drug-likeness (QED) is 0.169. The molecule has 0 radical (unpaired) electrons. The summed E-state index contributed by atoms with van der Waals surface area (Å²) in [6.07, 6.45) is 9.53. The Kier molecular flexibility index (Phi) is 10.9. The minimum absolute atomic E-state index is 0.00599. The number of Topliss-reactive ketones (excluding diaryl/α,β-unsaturated/α-hetero) is 1. The van der Waals surface area contributed by atoms with Gasteiger partial charge in [-0.2, -0.15) is 0 Å². The first-order chi connectivity index (χ1) is 25.5. The standard InChI is InChI=1S/C45H70N4O6/c1-28(2)36-30(50)23-44(33(51)27-49(22-20-46)26-29-11-10-21-48-25-29)19-18-43(9)42(8)16-12-31-40(5,6)34(55-35(52)24-39(3,4)38(53)54)14-15-41(31,7)32(42)13-17-45(43,47)37(36)44/h10-11,21,25,28,31-34,51H,12-20,22-24,26-27,46-47H2,1-9H3,(H,53,54)/t31-,32+,33-,34-,41?,42+,43-,44-,45-/m0/s1. The molecule has 55 heavy (non-hydrogen) atoms. The van der Waals surface area contributed by atoms with E-state index in [9.17, 15) is 24.6 Å². The molecule has 10 heteroatoms. The van der Waals surface area contributed by atoms with Crippen LogP contribution in [0.3, 0.4) is 0 Å². The monoisotopic (exact) mass is 763 g/mol. The van der Waals surface area contributed by atoms with E-state index in [1.807, 2.05) is 18.3 Å². The van der Waals surface area contributed by atoms with Crippen LogP contribution in [0.5, 0.6) is 0 Å². The molecule has 0 saturated heterocycles. The van der Waals surface area contributed by atoms with Gasteiger partial charge in [0, 0.05) is 61.4 Å². The van der Waals surface area contributed by atoms with Crippen LogP contribution in [-0.4, -0.2) is 75.2 Å². The van der Waals surface area contributed by atoms with Crippen molar-refractivity contribution in [1.29, 1.82) is 0 Å². The summed E-state index contributed by atoms with van der Waals surface area (Å²) < 4.78 is 6.17. The van der Waals surface area contributed by atoms with E-state index in [0.717, 1.165) is 61.7 Å². The Bertz CT molecular complexity index is 1690. The molecule has 306 valence electrons. The molecule has 9 atom stereocenters. The number of nitrogens with two attached hydrogens (primary N) is 2. The third-order valence-corrected chi connectivity index (χ3v) is 16.8. The summed E-state index contributed by atoms with van der Waals surface area (Å²) in [5, 5.41) is 22.2. The second kappa shape index (κ2) is 14.3. The van der Waals surface area contributed by atoms with E-state index in [4.69, 9.17) is 16.2 Å². The van der Waals surface area contributed by atoms with Crippen LogP contribution in [0, 0.1) is 50.2 Å². The fourth-order valence-electron chi connectivity index (χ4n) is 13.6. The van der Waals surface area contributed by atoms with Crippen molar-refractivity contribution < 1.29 is 29.3 Å². The number of carbonyl (C=O) groups is 3. The van der Waals surface area contributed by atoms with Gasteiger partial charge in [0.05, 0.1) is 17.9 Å². The highest BCUT2D eigenvalue weighted by atomic mass is 16.5. The van der Waals surface area contributed by atoms with E-state index in [0.29, 0.717) is 50.9 Å². The number of hydrogen-bond acceptors (Lipinski definition) is 9. The maximum Gasteiger partial charge on any atom is 0.309 e. The third kappa shape index (κ3) is 6.44. The lowest BCUT2D eigenvalue weighted by Crippen LogP contribution is -2.74. The Morgan fingerprint density at radius 2 is 1.73 bits per heavy atom. The summed E-state index contributed by atoms with van der Waals surface area (Å²) >= 11 is 0. The number of aromatic nitrogens is 1. The van der Waals surface area contributed by atoms with Crippen molar-refractivity contribution in [2.75, 3.05) is 19.6 Å². The molecule has 1 unspecified atom stereocenters. The fraction of sp³-hybridized carbons (Fsp3) is 0.778. The summed E-state index contributed by atoms with van der Waals surface area (Å²) in [5.41, 5.74) is 13.7. The molecule has 6 N–H and O–H groups in total. The van der Waals surface area contributed by atoms with Gasteiger partial charge in [-0.3, -0.25) is 24.3 Å². The first kappa shape index (κ1) is 42.0. The number of fused-ring (bicyclic) bond motifs is 7. The highest BCUT2D eigenvalue weighted by Gasteiger charge is 2.74. The number of pyridine rings is 1. The predicted octanol–water partition coefficient (Wildman–Crippen LogP) is 6.68. The Balaban J connectivity index is 1.32. The summed E-state index contributed by atoms with van der Waals surface area (Å²) in [6, 6.07) is 3.97.